The summed E-state index contributed by atoms with van der Waals surface area (Å²) in [6, 6.07) is 11.2. The Bertz CT molecular complexity index is 3050. The number of carboxylic acids is 3. The molecule has 29 nitrogen and oxygen atoms in total. The molecule has 20 N–H and O–H groups in total. The Kier molecular flexibility index (Phi) is 27.4. The molecule has 468 valence electrons. The van der Waals surface area contributed by atoms with Gasteiger partial charge in [0.25, 0.3) is 0 Å². The van der Waals surface area contributed by atoms with E-state index in [4.69, 9.17) is 17.2 Å². The van der Waals surface area contributed by atoms with Crippen LogP contribution in [0.5, 0.6) is 17.2 Å². The Hall–Kier alpha value is -10.3. The third-order valence-corrected chi connectivity index (χ3v) is 13.1. The lowest BCUT2D eigenvalue weighted by Crippen LogP contribution is -2.61. The number of aromatic hydroxyl groups is 3. The number of benzene rings is 4. The maximum Gasteiger partial charge on any atom is 0.326 e. The van der Waals surface area contributed by atoms with E-state index in [1.54, 1.807) is 44.2 Å². The number of hydrogen-bond donors (Lipinski definition) is 17. The lowest BCUT2D eigenvalue weighted by molar-refractivity contribution is -0.144. The SMILES string of the molecule is CC(C)C[C@H](NC(=O)[C@H](CC(=O)O)NC(=O)[C@H](Cc1ccccc1)NC(=O)[C@H](Cc1ccc(O)cc1)NC(=O)[C@H](CCCN=C(N)N)NC(=O)[C@H](Cc1ccc(O)cc1)NC(=O)[C@H](Cc1ccc(O)cc1)NC(=O)[C@H](CC(=O)O)NC(=O)CN)C(=O)O. The van der Waals surface area contributed by atoms with Crippen molar-refractivity contribution in [2.75, 3.05) is 13.1 Å². The molecule has 0 saturated heterocycles. The van der Waals surface area contributed by atoms with Crippen LogP contribution in [-0.4, -0.2) is 163 Å². The van der Waals surface area contributed by atoms with Crippen LogP contribution in [0.2, 0.25) is 0 Å². The first kappa shape index (κ1) is 69.2. The van der Waals surface area contributed by atoms with Crippen molar-refractivity contribution in [3.63, 3.8) is 0 Å². The maximum atomic E-state index is 14.8. The summed E-state index contributed by atoms with van der Waals surface area (Å²) < 4.78 is 0. The van der Waals surface area contributed by atoms with Gasteiger partial charge in [-0.1, -0.05) is 80.6 Å². The molecule has 0 radical (unpaired) electrons. The van der Waals surface area contributed by atoms with Crippen molar-refractivity contribution in [2.45, 2.75) is 120 Å². The lowest BCUT2D eigenvalue weighted by Gasteiger charge is -2.28. The smallest absolute Gasteiger partial charge is 0.326 e. The lowest BCUT2D eigenvalue weighted by atomic mass is 10.00. The zero-order chi connectivity index (χ0) is 64.3. The summed E-state index contributed by atoms with van der Waals surface area (Å²) >= 11 is 0. The number of carboxylic acid groups (broad SMARTS) is 3. The molecule has 0 saturated carbocycles. The molecule has 0 bridgehead atoms. The zero-order valence-corrected chi connectivity index (χ0v) is 47.6. The molecule has 8 atom stereocenters. The van der Waals surface area contributed by atoms with Gasteiger partial charge < -0.3 is 90.4 Å². The fourth-order valence-corrected chi connectivity index (χ4v) is 8.68. The van der Waals surface area contributed by atoms with E-state index in [0.29, 0.717) is 22.3 Å². The number of nitrogens with two attached hydrogens (primary N) is 3. The fourth-order valence-electron chi connectivity index (χ4n) is 8.68. The van der Waals surface area contributed by atoms with E-state index in [1.165, 1.54) is 72.8 Å². The van der Waals surface area contributed by atoms with Gasteiger partial charge in [0.1, 0.15) is 65.6 Å². The summed E-state index contributed by atoms with van der Waals surface area (Å²) in [4.78, 5) is 153. The minimum Gasteiger partial charge on any atom is -0.508 e. The summed E-state index contributed by atoms with van der Waals surface area (Å²) in [5.41, 5.74) is 18.1. The van der Waals surface area contributed by atoms with E-state index in [2.05, 4.69) is 47.5 Å². The summed E-state index contributed by atoms with van der Waals surface area (Å²) in [5, 5.41) is 79.0. The zero-order valence-electron chi connectivity index (χ0n) is 47.6. The molecule has 87 heavy (non-hydrogen) atoms. The topological polar surface area (TPSA) is 496 Å². The summed E-state index contributed by atoms with van der Waals surface area (Å²) in [6.45, 7) is 2.68. The third kappa shape index (κ3) is 24.8. The molecular weight excluding hydrogens is 1140 g/mol. The molecule has 0 aliphatic carbocycles. The molecule has 0 spiro atoms. The number of carbonyl (C=O) groups excluding carboxylic acids is 8. The van der Waals surface area contributed by atoms with Crippen molar-refractivity contribution < 1.29 is 83.4 Å². The van der Waals surface area contributed by atoms with Crippen LogP contribution in [0.15, 0.2) is 108 Å². The minimum absolute atomic E-state index is 0.00584. The van der Waals surface area contributed by atoms with Crippen LogP contribution < -0.4 is 59.7 Å². The van der Waals surface area contributed by atoms with Crippen molar-refractivity contribution in [2.24, 2.45) is 28.1 Å². The van der Waals surface area contributed by atoms with Gasteiger partial charge in [0.05, 0.1) is 19.4 Å². The highest BCUT2D eigenvalue weighted by atomic mass is 16.4. The Balaban J connectivity index is 1.76. The van der Waals surface area contributed by atoms with Gasteiger partial charge in [0.15, 0.2) is 5.96 Å². The second-order valence-corrected chi connectivity index (χ2v) is 20.7. The number of carbonyl (C=O) groups is 11. The number of amides is 8. The largest absolute Gasteiger partial charge is 0.508 e. The number of nitrogens with one attached hydrogen (secondary N) is 8. The van der Waals surface area contributed by atoms with Gasteiger partial charge in [-0.15, -0.1) is 0 Å². The van der Waals surface area contributed by atoms with E-state index >= 15 is 0 Å². The molecule has 4 rings (SSSR count). The Labute approximate surface area is 499 Å². The number of rotatable bonds is 35. The molecule has 0 fully saturated rings. The van der Waals surface area contributed by atoms with Gasteiger partial charge in [0.2, 0.25) is 47.3 Å². The van der Waals surface area contributed by atoms with Gasteiger partial charge in [0, 0.05) is 32.2 Å². The minimum atomic E-state index is -1.85. The molecule has 4 aromatic rings. The fraction of sp³-hybridized carbons (Fsp3) is 0.379. The Morgan fingerprint density at radius 3 is 1.07 bits per heavy atom. The Morgan fingerprint density at radius 2 is 0.736 bits per heavy atom. The maximum absolute atomic E-state index is 14.8. The van der Waals surface area contributed by atoms with Crippen LogP contribution in [0.1, 0.15) is 68.2 Å². The highest BCUT2D eigenvalue weighted by Gasteiger charge is 2.36. The summed E-state index contributed by atoms with van der Waals surface area (Å²) in [6.07, 6.45) is -3.56. The summed E-state index contributed by atoms with van der Waals surface area (Å²) in [7, 11) is 0. The first-order chi connectivity index (χ1) is 41.2. The average molecular weight is 1210 g/mol. The van der Waals surface area contributed by atoms with Crippen LogP contribution >= 0.6 is 0 Å². The van der Waals surface area contributed by atoms with E-state index in [1.807, 2.05) is 0 Å². The molecular formula is C58H74N12O17. The first-order valence-electron chi connectivity index (χ1n) is 27.4. The van der Waals surface area contributed by atoms with Gasteiger partial charge in [-0.05, 0) is 83.8 Å². The van der Waals surface area contributed by atoms with Crippen molar-refractivity contribution in [3.8, 4) is 17.2 Å². The van der Waals surface area contributed by atoms with Crippen LogP contribution in [0.4, 0.5) is 0 Å². The quantitative estimate of drug-likeness (QED) is 0.0135. The number of phenolic OH excluding ortho intramolecular Hbond substituents is 3. The molecule has 0 unspecified atom stereocenters. The number of aliphatic imine (C=N–C) groups is 1. The predicted octanol–water partition coefficient (Wildman–Crippen LogP) is -1.96. The second-order valence-electron chi connectivity index (χ2n) is 20.7. The van der Waals surface area contributed by atoms with Crippen molar-refractivity contribution in [1.82, 2.24) is 42.5 Å². The predicted molar refractivity (Wildman–Crippen MR) is 312 cm³/mol. The average Bonchev–Trinajstić information content (AvgIpc) is 3.34. The van der Waals surface area contributed by atoms with Gasteiger partial charge in [-0.2, -0.15) is 0 Å². The van der Waals surface area contributed by atoms with Gasteiger partial charge in [-0.25, -0.2) is 4.79 Å². The van der Waals surface area contributed by atoms with Crippen LogP contribution in [-0.2, 0) is 78.4 Å². The standard InChI is InChI=1S/C58H74N12O17/c1-31(2)23-46(57(86)87)70-56(85)45(29-49(77)78)69-54(83)40(24-32-7-4-3-5-8-32)66-52(81)42(26-34-12-18-37(72)19-13-34)65-50(79)39(9-6-22-62-58(60)61)64-51(80)41(25-33-10-16-36(71)17-11-33)67-53(82)43(27-35-14-20-38(73)21-15-35)68-55(84)44(28-48(75)76)63-47(74)30-59/h3-5,7-8,10-21,31,39-46,71-73H,6,9,22-30,59H2,1-2H3,(H,63,74)(H,64,80)(H,65,79)(H,66,81)(H,67,82)(H,68,84)(H,69,83)(H,70,85)(H,75,76)(H,77,78)(H,86,87)(H4,60,61,62)/t39-,40-,41-,42-,43-,44-,45-,46-/m0/s1. The Morgan fingerprint density at radius 1 is 0.425 bits per heavy atom. The highest BCUT2D eigenvalue weighted by molar-refractivity contribution is 5.99. The molecule has 0 aliphatic heterocycles. The highest BCUT2D eigenvalue weighted by Crippen LogP contribution is 2.17. The number of nitrogens with zero attached hydrogens (tertiary/aromatic N) is 1. The van der Waals surface area contributed by atoms with Crippen LogP contribution in [0, 0.1) is 5.92 Å². The van der Waals surface area contributed by atoms with E-state index in [-0.39, 0.29) is 80.6 Å². The van der Waals surface area contributed by atoms with Crippen molar-refractivity contribution in [1.29, 1.82) is 0 Å². The molecule has 0 aliphatic rings. The van der Waals surface area contributed by atoms with E-state index < -0.39 is 133 Å². The van der Waals surface area contributed by atoms with Crippen LogP contribution in [0.3, 0.4) is 0 Å². The third-order valence-electron chi connectivity index (χ3n) is 13.1. The van der Waals surface area contributed by atoms with Crippen LogP contribution in [0.25, 0.3) is 0 Å². The van der Waals surface area contributed by atoms with Crippen molar-refractivity contribution in [3.05, 3.63) is 125 Å². The second kappa shape index (κ2) is 34.5. The molecule has 8 amide bonds. The number of aliphatic carboxylic acids is 3. The number of guanidine groups is 1. The number of phenols is 3. The van der Waals surface area contributed by atoms with E-state index in [9.17, 15) is 83.4 Å². The molecule has 0 heterocycles. The van der Waals surface area contributed by atoms with E-state index in [0.717, 1.165) is 0 Å². The first-order valence-corrected chi connectivity index (χ1v) is 27.4. The van der Waals surface area contributed by atoms with Gasteiger partial charge >= 0.3 is 17.9 Å². The molecule has 29 heteroatoms. The summed E-state index contributed by atoms with van der Waals surface area (Å²) in [5.74, 6) is -13.9. The number of hydrogen-bond acceptors (Lipinski definition) is 16. The molecule has 0 aromatic heterocycles. The van der Waals surface area contributed by atoms with Gasteiger partial charge in [-0.3, -0.25) is 52.9 Å². The van der Waals surface area contributed by atoms with Crippen molar-refractivity contribution >= 4 is 71.1 Å². The monoisotopic (exact) mass is 1210 g/mol. The normalized spacial score (nSPS) is 13.7. The molecule has 4 aromatic carbocycles.